The van der Waals surface area contributed by atoms with Crippen molar-refractivity contribution < 1.29 is 18.0 Å². The second-order valence-corrected chi connectivity index (χ2v) is 10.1. The van der Waals surface area contributed by atoms with E-state index in [0.29, 0.717) is 0 Å². The number of hydrogen-bond donors (Lipinski definition) is 0. The van der Waals surface area contributed by atoms with Crippen molar-refractivity contribution in [2.24, 2.45) is 0 Å². The zero-order valence-corrected chi connectivity index (χ0v) is 6.70. The van der Waals surface area contributed by atoms with Crippen molar-refractivity contribution >= 4 is 18.0 Å². The van der Waals surface area contributed by atoms with E-state index in [2.05, 4.69) is 0 Å². The van der Waals surface area contributed by atoms with Gasteiger partial charge in [-0.2, -0.15) is 0 Å². The molecule has 0 saturated heterocycles. The summed E-state index contributed by atoms with van der Waals surface area (Å²) in [6.07, 6.45) is 2.00. The van der Waals surface area contributed by atoms with Gasteiger partial charge in [0.15, 0.2) is 0 Å². The van der Waals surface area contributed by atoms with Gasteiger partial charge in [-0.25, -0.2) is 0 Å². The second-order valence-electron chi connectivity index (χ2n) is 0.384. The number of rotatable bonds is 0. The Labute approximate surface area is 42.3 Å². The molecule has 0 heterocycles. The summed E-state index contributed by atoms with van der Waals surface area (Å²) in [4.78, 5) is 0. The summed E-state index contributed by atoms with van der Waals surface area (Å²) >= 11 is 1.47. The van der Waals surface area contributed by atoms with Crippen LogP contribution in [0.3, 0.4) is 0 Å². The molecule has 1 unspecified atom stereocenters. The van der Waals surface area contributed by atoms with Crippen LogP contribution in [-0.2, 0) is 18.0 Å². The molecule has 0 aliphatic heterocycles. The molecule has 0 bridgehead atoms. The molecule has 0 saturated carbocycles. The normalized spacial score (nSPS) is 15.5. The van der Waals surface area contributed by atoms with Crippen LogP contribution in [0.2, 0.25) is 0 Å². The van der Waals surface area contributed by atoms with E-state index >= 15 is 0 Å². The van der Waals surface area contributed by atoms with Gasteiger partial charge < -0.3 is 0 Å². The Bertz CT molecular complexity index is 31.0. The fourth-order valence-electron chi connectivity index (χ4n) is 0. The minimum atomic E-state index is 0.194. The van der Waals surface area contributed by atoms with Crippen molar-refractivity contribution in [3.8, 4) is 0 Å². The van der Waals surface area contributed by atoms with Gasteiger partial charge in [0.05, 0.1) is 0 Å². The monoisotopic (exact) mass is 266 g/mol. The first-order valence-corrected chi connectivity index (χ1v) is 6.71. The Morgan fingerprint density at radius 3 is 2.00 bits per heavy atom. The molecule has 0 amide bonds. The Balaban J connectivity index is 2.80. The molecule has 0 aliphatic rings. The van der Waals surface area contributed by atoms with E-state index in [1.165, 1.54) is 18.0 Å². The Morgan fingerprint density at radius 1 is 2.00 bits per heavy atom. The molecular weight excluding hydrogens is 263 g/mol. The molecule has 26 valence electrons. The SMILES string of the molecule is C[S](Cl)=[W]. The molecule has 1 atom stereocenters. The molecule has 0 radical (unpaired) electrons. The van der Waals surface area contributed by atoms with Crippen LogP contribution in [0.25, 0.3) is 0 Å². The molecule has 3 heteroatoms. The van der Waals surface area contributed by atoms with Crippen molar-refractivity contribution in [3.63, 3.8) is 0 Å². The van der Waals surface area contributed by atoms with Crippen LogP contribution in [0.1, 0.15) is 0 Å². The molecular formula is CH3ClSW. The Kier molecular flexibility index (Phi) is 3.41. The molecule has 0 aromatic carbocycles. The summed E-state index contributed by atoms with van der Waals surface area (Å²) in [5, 5.41) is 0. The van der Waals surface area contributed by atoms with E-state index in [-0.39, 0.29) is 7.30 Å². The van der Waals surface area contributed by atoms with Gasteiger partial charge >= 0.3 is 42.2 Å². The maximum absolute atomic E-state index is 5.34. The van der Waals surface area contributed by atoms with Crippen molar-refractivity contribution in [1.82, 2.24) is 0 Å². The van der Waals surface area contributed by atoms with Crippen LogP contribution in [0, 0.1) is 0 Å². The molecule has 0 aromatic heterocycles. The topological polar surface area (TPSA) is 0 Å². The Morgan fingerprint density at radius 2 is 2.00 bits per heavy atom. The van der Waals surface area contributed by atoms with Gasteiger partial charge in [0.2, 0.25) is 0 Å². The quantitative estimate of drug-likeness (QED) is 0.623. The predicted molar refractivity (Wildman–Crippen MR) is 19.4 cm³/mol. The molecule has 4 heavy (non-hydrogen) atoms. The third-order valence-corrected chi connectivity index (χ3v) is 0. The van der Waals surface area contributed by atoms with Crippen molar-refractivity contribution in [2.45, 2.75) is 0 Å². The number of hydrogen-bond acceptors (Lipinski definition) is 0. The van der Waals surface area contributed by atoms with E-state index in [1.54, 1.807) is 0 Å². The van der Waals surface area contributed by atoms with Crippen LogP contribution in [0.4, 0.5) is 0 Å². The minimum absolute atomic E-state index is 0.194. The van der Waals surface area contributed by atoms with Crippen LogP contribution in [0.15, 0.2) is 0 Å². The first-order valence-electron chi connectivity index (χ1n) is 0.729. The molecule has 0 spiro atoms. The van der Waals surface area contributed by atoms with Crippen LogP contribution >= 0.6 is 18.0 Å². The van der Waals surface area contributed by atoms with Gasteiger partial charge in [0.1, 0.15) is 0 Å². The average molecular weight is 266 g/mol. The van der Waals surface area contributed by atoms with Crippen LogP contribution in [-0.4, -0.2) is 6.26 Å². The van der Waals surface area contributed by atoms with E-state index in [4.69, 9.17) is 10.7 Å². The molecule has 0 N–H and O–H groups in total. The summed E-state index contributed by atoms with van der Waals surface area (Å²) in [6.45, 7) is 0. The van der Waals surface area contributed by atoms with Crippen molar-refractivity contribution in [2.75, 3.05) is 6.26 Å². The first kappa shape index (κ1) is 5.33. The average Bonchev–Trinajstić information content (AvgIpc) is 0.811. The first-order chi connectivity index (χ1) is 1.73. The number of halogens is 1. The predicted octanol–water partition coefficient (Wildman–Crippen LogP) is 1.50. The fraction of sp³-hybridized carbons (Fsp3) is 1.00. The summed E-state index contributed by atoms with van der Waals surface area (Å²) in [5.74, 6) is 0. The van der Waals surface area contributed by atoms with Gasteiger partial charge in [-0.3, -0.25) is 0 Å². The van der Waals surface area contributed by atoms with Gasteiger partial charge in [0, 0.05) is 0 Å². The van der Waals surface area contributed by atoms with Crippen LogP contribution < -0.4 is 0 Å². The molecule has 0 aromatic rings. The van der Waals surface area contributed by atoms with Gasteiger partial charge in [0.25, 0.3) is 0 Å². The van der Waals surface area contributed by atoms with E-state index < -0.39 is 0 Å². The van der Waals surface area contributed by atoms with Gasteiger partial charge in [-0.15, -0.1) is 0 Å². The summed E-state index contributed by atoms with van der Waals surface area (Å²) in [7, 11) is 5.53. The van der Waals surface area contributed by atoms with Crippen molar-refractivity contribution in [1.29, 1.82) is 0 Å². The summed E-state index contributed by atoms with van der Waals surface area (Å²) in [5.41, 5.74) is 0. The van der Waals surface area contributed by atoms with Gasteiger partial charge in [-0.1, -0.05) is 0 Å². The summed E-state index contributed by atoms with van der Waals surface area (Å²) < 4.78 is 0. The third-order valence-electron chi connectivity index (χ3n) is 0. The van der Waals surface area contributed by atoms with E-state index in [9.17, 15) is 0 Å². The second kappa shape index (κ2) is 2.56. The zero-order valence-electron chi connectivity index (χ0n) is 2.19. The standard InChI is InChI=1S/CH3ClS.W/c1-3-2;/h1H3;. The fourth-order valence-corrected chi connectivity index (χ4v) is 0. The van der Waals surface area contributed by atoms with Crippen molar-refractivity contribution in [3.05, 3.63) is 0 Å². The third kappa shape index (κ3) is 10.2. The molecule has 0 aliphatic carbocycles. The van der Waals surface area contributed by atoms with E-state index in [0.717, 1.165) is 0 Å². The zero-order chi connectivity index (χ0) is 3.58. The van der Waals surface area contributed by atoms with E-state index in [1.807, 2.05) is 6.26 Å². The van der Waals surface area contributed by atoms with Crippen LogP contribution in [0.5, 0.6) is 0 Å². The molecule has 0 rings (SSSR count). The summed E-state index contributed by atoms with van der Waals surface area (Å²) in [6, 6.07) is 0. The molecule has 0 fully saturated rings. The molecule has 0 nitrogen and oxygen atoms in total. The Hall–Kier alpha value is 1.33. The van der Waals surface area contributed by atoms with Gasteiger partial charge in [-0.05, 0) is 0 Å². The maximum atomic E-state index is 5.34.